The topological polar surface area (TPSA) is 55.8 Å². The van der Waals surface area contributed by atoms with Gasteiger partial charge >= 0.3 is 5.97 Å². The van der Waals surface area contributed by atoms with Gasteiger partial charge in [0.15, 0.2) is 0 Å². The highest BCUT2D eigenvalue weighted by Gasteiger charge is 2.36. The van der Waals surface area contributed by atoms with E-state index < -0.39 is 5.97 Å². The lowest BCUT2D eigenvalue weighted by molar-refractivity contribution is -0.136. The van der Waals surface area contributed by atoms with Crippen LogP contribution in [0, 0.1) is 0 Å². The minimum atomic E-state index is -0.484. The fraction of sp³-hybridized carbons (Fsp3) is 0.400. The molecule has 0 fully saturated rings. The second-order valence-corrected chi connectivity index (χ2v) is 5.82. The van der Waals surface area contributed by atoms with Crippen LogP contribution in [0.2, 0.25) is 0 Å². The minimum absolute atomic E-state index is 0.153. The molecule has 0 saturated heterocycles. The van der Waals surface area contributed by atoms with Crippen molar-refractivity contribution in [3.8, 4) is 5.75 Å². The Bertz CT molecular complexity index is 701. The summed E-state index contributed by atoms with van der Waals surface area (Å²) < 4.78 is 10.3. The van der Waals surface area contributed by atoms with Gasteiger partial charge in [-0.1, -0.05) is 25.5 Å². The molecule has 0 spiro atoms. The van der Waals surface area contributed by atoms with Gasteiger partial charge in [-0.25, -0.2) is 4.79 Å². The van der Waals surface area contributed by atoms with Crippen LogP contribution >= 0.6 is 0 Å². The maximum absolute atomic E-state index is 12.8. The van der Waals surface area contributed by atoms with Gasteiger partial charge in [-0.05, 0) is 44.0 Å². The van der Waals surface area contributed by atoms with Gasteiger partial charge < -0.3 is 14.4 Å². The van der Waals surface area contributed by atoms with Gasteiger partial charge in [0, 0.05) is 12.2 Å². The Labute approximate surface area is 148 Å². The van der Waals surface area contributed by atoms with E-state index in [1.807, 2.05) is 31.2 Å². The first-order valence-electron chi connectivity index (χ1n) is 8.59. The summed E-state index contributed by atoms with van der Waals surface area (Å²) in [5.41, 5.74) is 2.21. The molecule has 0 saturated carbocycles. The zero-order valence-corrected chi connectivity index (χ0v) is 15.3. The van der Waals surface area contributed by atoms with Crippen LogP contribution in [0.25, 0.3) is 6.08 Å². The molecule has 1 aromatic rings. The third-order valence-corrected chi connectivity index (χ3v) is 4.14. The van der Waals surface area contributed by atoms with Crippen molar-refractivity contribution in [2.45, 2.75) is 33.6 Å². The van der Waals surface area contributed by atoms with E-state index in [9.17, 15) is 9.59 Å². The number of carbonyl (C=O) groups excluding carboxylic acids is 2. The molecule has 0 N–H and O–H groups in total. The van der Waals surface area contributed by atoms with Crippen molar-refractivity contribution in [3.05, 3.63) is 46.7 Å². The molecular formula is C20H25NO4. The van der Waals surface area contributed by atoms with Gasteiger partial charge in [0.05, 0.1) is 24.9 Å². The first-order valence-corrected chi connectivity index (χ1v) is 8.59. The molecule has 5 heteroatoms. The molecule has 0 radical (unpaired) electrons. The van der Waals surface area contributed by atoms with E-state index in [0.717, 1.165) is 24.2 Å². The highest BCUT2D eigenvalue weighted by Crippen LogP contribution is 2.32. The van der Waals surface area contributed by atoms with E-state index in [-0.39, 0.29) is 5.91 Å². The van der Waals surface area contributed by atoms with Crippen LogP contribution < -0.4 is 4.74 Å². The Morgan fingerprint density at radius 2 is 1.88 bits per heavy atom. The number of hydrogen-bond donors (Lipinski definition) is 0. The maximum atomic E-state index is 12.8. The van der Waals surface area contributed by atoms with Crippen molar-refractivity contribution in [2.75, 3.05) is 20.3 Å². The first kappa shape index (κ1) is 18.8. The van der Waals surface area contributed by atoms with E-state index in [0.29, 0.717) is 30.0 Å². The Morgan fingerprint density at radius 3 is 2.44 bits per heavy atom. The van der Waals surface area contributed by atoms with Crippen molar-refractivity contribution in [3.63, 3.8) is 0 Å². The van der Waals surface area contributed by atoms with Crippen LogP contribution in [0.15, 0.2) is 41.1 Å². The maximum Gasteiger partial charge on any atom is 0.340 e. The van der Waals surface area contributed by atoms with Crippen molar-refractivity contribution in [1.82, 2.24) is 4.90 Å². The number of carbonyl (C=O) groups is 2. The third kappa shape index (κ3) is 4.10. The zero-order chi connectivity index (χ0) is 18.4. The number of unbranched alkanes of at least 4 members (excludes halogenated alkanes) is 1. The molecule has 2 rings (SSSR count). The fourth-order valence-electron chi connectivity index (χ4n) is 2.81. The zero-order valence-electron chi connectivity index (χ0n) is 15.3. The van der Waals surface area contributed by atoms with Crippen molar-refractivity contribution in [1.29, 1.82) is 0 Å². The number of allylic oxidation sites excluding steroid dienone is 1. The molecule has 1 heterocycles. The Hall–Kier alpha value is -2.56. The minimum Gasteiger partial charge on any atom is -0.494 e. The summed E-state index contributed by atoms with van der Waals surface area (Å²) in [7, 11) is 1.33. The largest absolute Gasteiger partial charge is 0.494 e. The average Bonchev–Trinajstić information content (AvgIpc) is 2.84. The number of amides is 1. The van der Waals surface area contributed by atoms with E-state index in [1.54, 1.807) is 17.9 Å². The summed E-state index contributed by atoms with van der Waals surface area (Å²) in [5.74, 6) is 0.133. The summed E-state index contributed by atoms with van der Waals surface area (Å²) >= 11 is 0. The molecule has 0 aromatic heterocycles. The van der Waals surface area contributed by atoms with Gasteiger partial charge in [-0.2, -0.15) is 0 Å². The number of benzene rings is 1. The number of nitrogens with zero attached hydrogens (tertiary/aromatic N) is 1. The predicted octanol–water partition coefficient (Wildman–Crippen LogP) is 3.56. The van der Waals surface area contributed by atoms with Crippen LogP contribution in [0.1, 0.15) is 39.2 Å². The molecule has 0 aliphatic carbocycles. The van der Waals surface area contributed by atoms with Crippen molar-refractivity contribution in [2.24, 2.45) is 0 Å². The molecule has 25 heavy (non-hydrogen) atoms. The van der Waals surface area contributed by atoms with E-state index in [4.69, 9.17) is 9.47 Å². The Kier molecular flexibility index (Phi) is 6.39. The van der Waals surface area contributed by atoms with Gasteiger partial charge in [0.25, 0.3) is 5.91 Å². The van der Waals surface area contributed by atoms with E-state index in [2.05, 4.69) is 6.92 Å². The lowest BCUT2D eigenvalue weighted by Gasteiger charge is -2.17. The van der Waals surface area contributed by atoms with Crippen LogP contribution in [0.5, 0.6) is 5.75 Å². The van der Waals surface area contributed by atoms with Crippen molar-refractivity contribution >= 4 is 18.0 Å². The SMILES string of the molecule is CCCCN1C(=O)/C(=C\c2ccc(OCC)cc2)C(C(=O)OC)=C1C. The summed E-state index contributed by atoms with van der Waals surface area (Å²) in [6, 6.07) is 7.42. The monoisotopic (exact) mass is 343 g/mol. The number of ether oxygens (including phenoxy) is 2. The third-order valence-electron chi connectivity index (χ3n) is 4.14. The van der Waals surface area contributed by atoms with Crippen LogP contribution in [-0.2, 0) is 14.3 Å². The van der Waals surface area contributed by atoms with Gasteiger partial charge in [0.2, 0.25) is 0 Å². The summed E-state index contributed by atoms with van der Waals surface area (Å²) in [4.78, 5) is 26.7. The van der Waals surface area contributed by atoms with Crippen molar-refractivity contribution < 1.29 is 19.1 Å². The summed E-state index contributed by atoms with van der Waals surface area (Å²) in [5, 5.41) is 0. The normalized spacial score (nSPS) is 15.9. The molecule has 0 atom stereocenters. The number of rotatable bonds is 7. The van der Waals surface area contributed by atoms with Crippen LogP contribution in [-0.4, -0.2) is 37.0 Å². The van der Waals surface area contributed by atoms with Crippen LogP contribution in [0.4, 0.5) is 0 Å². The Morgan fingerprint density at radius 1 is 1.20 bits per heavy atom. The highest BCUT2D eigenvalue weighted by molar-refractivity contribution is 6.16. The highest BCUT2D eigenvalue weighted by atomic mass is 16.5. The first-order chi connectivity index (χ1) is 12.0. The van der Waals surface area contributed by atoms with E-state index in [1.165, 1.54) is 7.11 Å². The fourth-order valence-corrected chi connectivity index (χ4v) is 2.81. The van der Waals surface area contributed by atoms with E-state index >= 15 is 0 Å². The molecule has 0 bridgehead atoms. The second kappa shape index (κ2) is 8.51. The molecule has 0 unspecified atom stereocenters. The smallest absolute Gasteiger partial charge is 0.340 e. The van der Waals surface area contributed by atoms with Crippen LogP contribution in [0.3, 0.4) is 0 Å². The predicted molar refractivity (Wildman–Crippen MR) is 96.9 cm³/mol. The summed E-state index contributed by atoms with van der Waals surface area (Å²) in [6.07, 6.45) is 3.59. The molecule has 134 valence electrons. The summed E-state index contributed by atoms with van der Waals surface area (Å²) in [6.45, 7) is 6.98. The molecule has 1 aliphatic rings. The number of methoxy groups -OCH3 is 1. The molecule has 1 amide bonds. The van der Waals surface area contributed by atoms with Gasteiger partial charge in [0.1, 0.15) is 5.75 Å². The lowest BCUT2D eigenvalue weighted by atomic mass is 10.0. The quantitative estimate of drug-likeness (QED) is 0.561. The van der Waals surface area contributed by atoms with Gasteiger partial charge in [-0.3, -0.25) is 4.79 Å². The molecular weight excluding hydrogens is 318 g/mol. The Balaban J connectivity index is 2.39. The molecule has 1 aliphatic heterocycles. The average molecular weight is 343 g/mol. The number of hydrogen-bond acceptors (Lipinski definition) is 4. The molecule has 1 aromatic carbocycles. The van der Waals surface area contributed by atoms with Gasteiger partial charge in [-0.15, -0.1) is 0 Å². The standard InChI is InChI=1S/C20H25NO4/c1-5-7-12-21-14(3)18(20(23)24-4)17(19(21)22)13-15-8-10-16(11-9-15)25-6-2/h8-11,13H,5-7,12H2,1-4H3/b17-13-. The number of esters is 1. The second-order valence-electron chi connectivity index (χ2n) is 5.82. The molecule has 5 nitrogen and oxygen atoms in total. The lowest BCUT2D eigenvalue weighted by Crippen LogP contribution is -2.26.